The van der Waals surface area contributed by atoms with Gasteiger partial charge in [-0.15, -0.1) is 0 Å². The van der Waals surface area contributed by atoms with E-state index in [2.05, 4.69) is 31.4 Å². The fourth-order valence-electron chi connectivity index (χ4n) is 4.80. The Kier molecular flexibility index (Phi) is 3.16. The molecule has 3 heteroatoms. The van der Waals surface area contributed by atoms with Crippen LogP contribution in [-0.4, -0.2) is 25.0 Å². The smallest absolute Gasteiger partial charge is 0.223 e. The maximum Gasteiger partial charge on any atom is 0.223 e. The van der Waals surface area contributed by atoms with Crippen LogP contribution < -0.4 is 10.6 Å². The maximum atomic E-state index is 12.4. The SMILES string of the molecule is CC1(C)C2CCC1(C)C(NC(=O)C1CCNCC1)C2. The van der Waals surface area contributed by atoms with Crippen LogP contribution in [0, 0.1) is 22.7 Å². The van der Waals surface area contributed by atoms with Crippen molar-refractivity contribution in [3.63, 3.8) is 0 Å². The molecule has 1 amide bonds. The molecule has 1 heterocycles. The number of nitrogens with one attached hydrogen (secondary N) is 2. The van der Waals surface area contributed by atoms with E-state index in [9.17, 15) is 4.79 Å². The molecule has 1 aliphatic heterocycles. The molecular formula is C16H28N2O. The normalized spacial score (nSPS) is 41.4. The molecule has 3 fully saturated rings. The number of hydrogen-bond donors (Lipinski definition) is 2. The minimum Gasteiger partial charge on any atom is -0.353 e. The summed E-state index contributed by atoms with van der Waals surface area (Å²) in [5, 5.41) is 6.74. The molecule has 2 saturated carbocycles. The summed E-state index contributed by atoms with van der Waals surface area (Å²) in [5.41, 5.74) is 0.694. The Labute approximate surface area is 116 Å². The highest BCUT2D eigenvalue weighted by molar-refractivity contribution is 5.79. The summed E-state index contributed by atoms with van der Waals surface area (Å²) in [5.74, 6) is 1.36. The third-order valence-electron chi connectivity index (χ3n) is 6.82. The molecule has 3 rings (SSSR count). The fourth-order valence-corrected chi connectivity index (χ4v) is 4.80. The molecule has 3 unspecified atom stereocenters. The van der Waals surface area contributed by atoms with Gasteiger partial charge in [-0.2, -0.15) is 0 Å². The molecule has 0 radical (unpaired) electrons. The van der Waals surface area contributed by atoms with Crippen LogP contribution in [-0.2, 0) is 4.79 Å². The topological polar surface area (TPSA) is 41.1 Å². The third kappa shape index (κ3) is 1.93. The number of fused-ring (bicyclic) bond motifs is 2. The van der Waals surface area contributed by atoms with Crippen molar-refractivity contribution in [2.24, 2.45) is 22.7 Å². The predicted molar refractivity (Wildman–Crippen MR) is 76.8 cm³/mol. The third-order valence-corrected chi connectivity index (χ3v) is 6.82. The molecule has 0 spiro atoms. The van der Waals surface area contributed by atoms with Gasteiger partial charge in [-0.05, 0) is 61.9 Å². The van der Waals surface area contributed by atoms with Crippen LogP contribution in [0.4, 0.5) is 0 Å². The minimum absolute atomic E-state index is 0.243. The van der Waals surface area contributed by atoms with Crippen molar-refractivity contribution in [3.8, 4) is 0 Å². The maximum absolute atomic E-state index is 12.4. The van der Waals surface area contributed by atoms with Gasteiger partial charge < -0.3 is 10.6 Å². The van der Waals surface area contributed by atoms with Crippen molar-refractivity contribution < 1.29 is 4.79 Å². The second-order valence-corrected chi connectivity index (χ2v) is 7.70. The molecule has 3 nitrogen and oxygen atoms in total. The molecular weight excluding hydrogens is 236 g/mol. The molecule has 0 aromatic rings. The van der Waals surface area contributed by atoms with Gasteiger partial charge in [0.25, 0.3) is 0 Å². The number of rotatable bonds is 2. The Morgan fingerprint density at radius 1 is 1.16 bits per heavy atom. The Balaban J connectivity index is 1.66. The highest BCUT2D eigenvalue weighted by Crippen LogP contribution is 2.65. The zero-order valence-electron chi connectivity index (χ0n) is 12.6. The van der Waals surface area contributed by atoms with Gasteiger partial charge in [0.05, 0.1) is 0 Å². The summed E-state index contributed by atoms with van der Waals surface area (Å²) in [7, 11) is 0. The highest BCUT2D eigenvalue weighted by atomic mass is 16.2. The molecule has 0 aromatic carbocycles. The van der Waals surface area contributed by atoms with Crippen molar-refractivity contribution in [1.82, 2.24) is 10.6 Å². The lowest BCUT2D eigenvalue weighted by Crippen LogP contribution is -2.49. The minimum atomic E-state index is 0.243. The Morgan fingerprint density at radius 3 is 2.37 bits per heavy atom. The second kappa shape index (κ2) is 4.47. The first-order chi connectivity index (χ1) is 8.95. The summed E-state index contributed by atoms with van der Waals surface area (Å²) in [6.07, 6.45) is 5.83. The van der Waals surface area contributed by atoms with Gasteiger partial charge in [0.1, 0.15) is 0 Å². The number of hydrogen-bond acceptors (Lipinski definition) is 2. The van der Waals surface area contributed by atoms with Crippen molar-refractivity contribution in [1.29, 1.82) is 0 Å². The van der Waals surface area contributed by atoms with E-state index in [0.717, 1.165) is 31.8 Å². The van der Waals surface area contributed by atoms with Crippen molar-refractivity contribution in [3.05, 3.63) is 0 Å². The largest absolute Gasteiger partial charge is 0.353 e. The predicted octanol–water partition coefficient (Wildman–Crippen LogP) is 2.32. The van der Waals surface area contributed by atoms with Gasteiger partial charge >= 0.3 is 0 Å². The lowest BCUT2D eigenvalue weighted by Gasteiger charge is -2.40. The van der Waals surface area contributed by atoms with Gasteiger partial charge in [0.2, 0.25) is 5.91 Å². The van der Waals surface area contributed by atoms with Crippen LogP contribution in [0.1, 0.15) is 52.9 Å². The Hall–Kier alpha value is -0.570. The van der Waals surface area contributed by atoms with Crippen LogP contribution in [0.3, 0.4) is 0 Å². The first-order valence-electron chi connectivity index (χ1n) is 7.96. The number of piperidine rings is 1. The van der Waals surface area contributed by atoms with Crippen molar-refractivity contribution in [2.45, 2.75) is 58.9 Å². The van der Waals surface area contributed by atoms with Crippen LogP contribution in [0.15, 0.2) is 0 Å². The van der Waals surface area contributed by atoms with Gasteiger partial charge in [-0.1, -0.05) is 20.8 Å². The van der Waals surface area contributed by atoms with Crippen LogP contribution in [0.2, 0.25) is 0 Å². The van der Waals surface area contributed by atoms with Gasteiger partial charge in [0, 0.05) is 12.0 Å². The second-order valence-electron chi connectivity index (χ2n) is 7.70. The zero-order valence-corrected chi connectivity index (χ0v) is 12.6. The van der Waals surface area contributed by atoms with Crippen LogP contribution in [0.25, 0.3) is 0 Å². The molecule has 2 aliphatic carbocycles. The van der Waals surface area contributed by atoms with Crippen LogP contribution in [0.5, 0.6) is 0 Å². The van der Waals surface area contributed by atoms with E-state index in [-0.39, 0.29) is 5.92 Å². The Morgan fingerprint density at radius 2 is 1.84 bits per heavy atom. The summed E-state index contributed by atoms with van der Waals surface area (Å²) >= 11 is 0. The van der Waals surface area contributed by atoms with Crippen LogP contribution >= 0.6 is 0 Å². The van der Waals surface area contributed by atoms with E-state index in [1.165, 1.54) is 19.3 Å². The van der Waals surface area contributed by atoms with Gasteiger partial charge in [-0.25, -0.2) is 0 Å². The zero-order chi connectivity index (χ0) is 13.7. The number of carbonyl (C=O) groups excluding carboxylic acids is 1. The fraction of sp³-hybridized carbons (Fsp3) is 0.938. The van der Waals surface area contributed by atoms with E-state index in [0.29, 0.717) is 22.8 Å². The molecule has 3 atom stereocenters. The summed E-state index contributed by atoms with van der Waals surface area (Å²) in [6.45, 7) is 9.19. The standard InChI is InChI=1S/C16H28N2O/c1-15(2)12-4-7-16(15,3)13(10-12)18-14(19)11-5-8-17-9-6-11/h11-13,17H,4-10H2,1-3H3,(H,18,19). The summed E-state index contributed by atoms with van der Waals surface area (Å²) < 4.78 is 0. The van der Waals surface area contributed by atoms with E-state index in [1.54, 1.807) is 0 Å². The van der Waals surface area contributed by atoms with Crippen molar-refractivity contribution >= 4 is 5.91 Å². The molecule has 108 valence electrons. The average molecular weight is 264 g/mol. The molecule has 3 aliphatic rings. The molecule has 0 aromatic heterocycles. The van der Waals surface area contributed by atoms with Crippen molar-refractivity contribution in [2.75, 3.05) is 13.1 Å². The molecule has 19 heavy (non-hydrogen) atoms. The molecule has 2 bridgehead atoms. The number of carbonyl (C=O) groups is 1. The highest BCUT2D eigenvalue weighted by Gasteiger charge is 2.61. The Bertz CT molecular complexity index is 373. The van der Waals surface area contributed by atoms with Gasteiger partial charge in [0.15, 0.2) is 0 Å². The van der Waals surface area contributed by atoms with E-state index >= 15 is 0 Å². The first-order valence-corrected chi connectivity index (χ1v) is 7.96. The summed E-state index contributed by atoms with van der Waals surface area (Å²) in [4.78, 5) is 12.4. The van der Waals surface area contributed by atoms with Gasteiger partial charge in [-0.3, -0.25) is 4.79 Å². The van der Waals surface area contributed by atoms with E-state index in [4.69, 9.17) is 0 Å². The van der Waals surface area contributed by atoms with E-state index < -0.39 is 0 Å². The van der Waals surface area contributed by atoms with E-state index in [1.807, 2.05) is 0 Å². The number of amides is 1. The monoisotopic (exact) mass is 264 g/mol. The quantitative estimate of drug-likeness (QED) is 0.803. The summed E-state index contributed by atoms with van der Waals surface area (Å²) in [6, 6.07) is 0.406. The molecule has 2 N–H and O–H groups in total. The average Bonchev–Trinajstić information content (AvgIpc) is 2.73. The molecule has 1 saturated heterocycles. The lowest BCUT2D eigenvalue weighted by molar-refractivity contribution is -0.127. The lowest BCUT2D eigenvalue weighted by atomic mass is 9.69. The first kappa shape index (κ1) is 13.4.